The van der Waals surface area contributed by atoms with Gasteiger partial charge in [0, 0.05) is 10.2 Å². The summed E-state index contributed by atoms with van der Waals surface area (Å²) in [5.74, 6) is -0.604. The highest BCUT2D eigenvalue weighted by atomic mass is 79.9. The van der Waals surface area contributed by atoms with Crippen molar-refractivity contribution in [2.75, 3.05) is 4.72 Å². The lowest BCUT2D eigenvalue weighted by atomic mass is 10.3. The molecule has 5 nitrogen and oxygen atoms in total. The number of nitrogens with one attached hydrogen (secondary N) is 2. The van der Waals surface area contributed by atoms with E-state index in [1.807, 2.05) is 0 Å². The van der Waals surface area contributed by atoms with E-state index in [1.54, 1.807) is 0 Å². The van der Waals surface area contributed by atoms with Gasteiger partial charge in [-0.2, -0.15) is 0 Å². The molecule has 0 aliphatic carbocycles. The molecule has 108 valence electrons. The van der Waals surface area contributed by atoms with E-state index in [0.29, 0.717) is 11.3 Å². The number of thiazole rings is 1. The molecule has 2 N–H and O–H groups in total. The molecule has 1 heterocycles. The fourth-order valence-electron chi connectivity index (χ4n) is 1.47. The smallest absolute Gasteiger partial charge is 0.306 e. The number of hydrogen-bond acceptors (Lipinski definition) is 4. The highest BCUT2D eigenvalue weighted by molar-refractivity contribution is 9.10. The van der Waals surface area contributed by atoms with Gasteiger partial charge >= 0.3 is 4.87 Å². The average molecular weight is 402 g/mol. The number of aryl methyl sites for hydroxylation is 1. The largest absolute Gasteiger partial charge is 0.315 e. The number of aromatic nitrogens is 1. The summed E-state index contributed by atoms with van der Waals surface area (Å²) in [7, 11) is -3.98. The number of halogens is 3. The van der Waals surface area contributed by atoms with Gasteiger partial charge < -0.3 is 4.98 Å². The first kappa shape index (κ1) is 15.5. The Balaban J connectivity index is 2.49. The number of anilines is 1. The van der Waals surface area contributed by atoms with Crippen LogP contribution in [-0.2, 0) is 10.0 Å². The summed E-state index contributed by atoms with van der Waals surface area (Å²) >= 11 is 9.40. The molecule has 0 atom stereocenters. The summed E-state index contributed by atoms with van der Waals surface area (Å²) in [4.78, 5) is 13.1. The molecule has 2 aromatic rings. The molecular weight excluding hydrogens is 395 g/mol. The Morgan fingerprint density at radius 2 is 2.10 bits per heavy atom. The van der Waals surface area contributed by atoms with E-state index in [2.05, 4.69) is 25.6 Å². The van der Waals surface area contributed by atoms with Crippen molar-refractivity contribution in [3.8, 4) is 0 Å². The Morgan fingerprint density at radius 3 is 2.60 bits per heavy atom. The molecule has 0 saturated heterocycles. The molecule has 0 saturated carbocycles. The van der Waals surface area contributed by atoms with Gasteiger partial charge in [-0.15, -0.1) is 0 Å². The van der Waals surface area contributed by atoms with Crippen LogP contribution in [0.15, 0.2) is 25.6 Å². The summed E-state index contributed by atoms with van der Waals surface area (Å²) in [6.45, 7) is 1.47. The van der Waals surface area contributed by atoms with Gasteiger partial charge in [0.1, 0.15) is 5.82 Å². The molecule has 20 heavy (non-hydrogen) atoms. The molecule has 0 unspecified atom stereocenters. The van der Waals surface area contributed by atoms with Crippen LogP contribution in [0.25, 0.3) is 0 Å². The van der Waals surface area contributed by atoms with E-state index in [4.69, 9.17) is 11.6 Å². The maximum Gasteiger partial charge on any atom is 0.306 e. The van der Waals surface area contributed by atoms with Gasteiger partial charge in [0.25, 0.3) is 10.0 Å². The second kappa shape index (κ2) is 5.47. The summed E-state index contributed by atoms with van der Waals surface area (Å²) in [6, 6.07) is 2.06. The topological polar surface area (TPSA) is 79.0 Å². The maximum absolute atomic E-state index is 13.1. The minimum atomic E-state index is -3.98. The molecule has 2 rings (SSSR count). The van der Waals surface area contributed by atoms with E-state index >= 15 is 0 Å². The van der Waals surface area contributed by atoms with Crippen LogP contribution < -0.4 is 9.60 Å². The maximum atomic E-state index is 13.1. The first-order valence-corrected chi connectivity index (χ1v) is 8.55. The quantitative estimate of drug-likeness (QED) is 0.829. The predicted molar refractivity (Wildman–Crippen MR) is 79.6 cm³/mol. The lowest BCUT2D eigenvalue weighted by Gasteiger charge is -2.10. The van der Waals surface area contributed by atoms with Crippen molar-refractivity contribution < 1.29 is 12.8 Å². The van der Waals surface area contributed by atoms with Crippen LogP contribution in [0.4, 0.5) is 10.1 Å². The second-order valence-corrected chi connectivity index (χ2v) is 7.90. The molecule has 0 spiro atoms. The minimum Gasteiger partial charge on any atom is -0.315 e. The zero-order valence-electron chi connectivity index (χ0n) is 9.83. The number of sulfonamides is 1. The average Bonchev–Trinajstić information content (AvgIpc) is 2.64. The predicted octanol–water partition coefficient (Wildman–Crippen LogP) is 3.10. The van der Waals surface area contributed by atoms with Gasteiger partial charge in [-0.25, -0.2) is 12.8 Å². The summed E-state index contributed by atoms with van der Waals surface area (Å²) in [5, 5.41) is -0.0963. The van der Waals surface area contributed by atoms with Crippen molar-refractivity contribution in [1.82, 2.24) is 4.98 Å². The van der Waals surface area contributed by atoms with E-state index in [1.165, 1.54) is 6.92 Å². The molecule has 0 amide bonds. The molecule has 0 bridgehead atoms. The van der Waals surface area contributed by atoms with Crippen molar-refractivity contribution in [3.63, 3.8) is 0 Å². The number of H-pyrrole nitrogens is 1. The highest BCUT2D eigenvalue weighted by Gasteiger charge is 2.23. The number of aromatic amines is 1. The molecule has 10 heteroatoms. The van der Waals surface area contributed by atoms with Crippen LogP contribution in [0, 0.1) is 12.7 Å². The highest BCUT2D eigenvalue weighted by Crippen LogP contribution is 2.34. The molecule has 1 aromatic heterocycles. The Kier molecular flexibility index (Phi) is 4.24. The molecule has 0 radical (unpaired) electrons. The number of rotatable bonds is 3. The third-order valence-corrected chi connectivity index (χ3v) is 6.15. The van der Waals surface area contributed by atoms with Crippen LogP contribution in [0.3, 0.4) is 0 Å². The van der Waals surface area contributed by atoms with Gasteiger partial charge in [-0.05, 0) is 35.0 Å². The van der Waals surface area contributed by atoms with Gasteiger partial charge in [0.15, 0.2) is 4.21 Å². The zero-order chi connectivity index (χ0) is 15.1. The van der Waals surface area contributed by atoms with Crippen LogP contribution in [0.5, 0.6) is 0 Å². The minimum absolute atomic E-state index is 0.00770. The van der Waals surface area contributed by atoms with Crippen molar-refractivity contribution in [2.24, 2.45) is 0 Å². The van der Waals surface area contributed by atoms with Crippen molar-refractivity contribution >= 4 is 54.6 Å². The number of hydrogen-bond donors (Lipinski definition) is 2. The molecule has 0 aliphatic heterocycles. The lowest BCUT2D eigenvalue weighted by Crippen LogP contribution is -2.13. The van der Waals surface area contributed by atoms with E-state index in [-0.39, 0.29) is 25.1 Å². The summed E-state index contributed by atoms with van der Waals surface area (Å²) in [5.41, 5.74) is 0.232. The number of benzene rings is 1. The first-order chi connectivity index (χ1) is 9.20. The zero-order valence-corrected chi connectivity index (χ0v) is 13.8. The van der Waals surface area contributed by atoms with E-state index in [9.17, 15) is 17.6 Å². The SMILES string of the molecule is Cc1[nH]c(=O)sc1S(=O)(=O)Nc1c(Cl)cc(F)cc1Br. The summed E-state index contributed by atoms with van der Waals surface area (Å²) < 4.78 is 39.7. The van der Waals surface area contributed by atoms with Gasteiger partial charge in [0.05, 0.1) is 10.7 Å². The van der Waals surface area contributed by atoms with Crippen LogP contribution >= 0.6 is 38.9 Å². The second-order valence-electron chi connectivity index (χ2n) is 3.78. The standard InChI is InChI=1S/C10H7BrClFN2O3S2/c1-4-9(19-10(16)14-4)20(17,18)15-8-6(11)2-5(13)3-7(8)12/h2-3,15H,1H3,(H,14,16). The van der Waals surface area contributed by atoms with E-state index in [0.717, 1.165) is 12.1 Å². The summed E-state index contributed by atoms with van der Waals surface area (Å²) in [6.07, 6.45) is 0. The molecular formula is C10H7BrClFN2O3S2. The van der Waals surface area contributed by atoms with Crippen LogP contribution in [-0.4, -0.2) is 13.4 Å². The van der Waals surface area contributed by atoms with Crippen LogP contribution in [0.2, 0.25) is 5.02 Å². The first-order valence-electron chi connectivity index (χ1n) is 5.08. The van der Waals surface area contributed by atoms with E-state index < -0.39 is 20.7 Å². The van der Waals surface area contributed by atoms with Crippen molar-refractivity contribution in [1.29, 1.82) is 0 Å². The van der Waals surface area contributed by atoms with Crippen molar-refractivity contribution in [3.05, 3.63) is 42.8 Å². The fraction of sp³-hybridized carbons (Fsp3) is 0.100. The van der Waals surface area contributed by atoms with Gasteiger partial charge in [-0.1, -0.05) is 22.9 Å². The monoisotopic (exact) mass is 400 g/mol. The third kappa shape index (κ3) is 3.05. The third-order valence-electron chi connectivity index (χ3n) is 2.27. The van der Waals surface area contributed by atoms with Crippen molar-refractivity contribution in [2.45, 2.75) is 11.1 Å². The normalized spacial score (nSPS) is 11.6. The fourth-order valence-corrected chi connectivity index (χ4v) is 4.96. The molecule has 0 aliphatic rings. The van der Waals surface area contributed by atoms with Crippen LogP contribution in [0.1, 0.15) is 5.69 Å². The molecule has 1 aromatic carbocycles. The Hall–Kier alpha value is -0.900. The van der Waals surface area contributed by atoms with Gasteiger partial charge in [0.2, 0.25) is 0 Å². The lowest BCUT2D eigenvalue weighted by molar-refractivity contribution is 0.602. The Bertz CT molecular complexity index is 808. The molecule has 0 fully saturated rings. The van der Waals surface area contributed by atoms with Gasteiger partial charge in [-0.3, -0.25) is 9.52 Å². The Labute approximate surface area is 131 Å². The Morgan fingerprint density at radius 1 is 1.45 bits per heavy atom.